The maximum atomic E-state index is 12.0. The van der Waals surface area contributed by atoms with Gasteiger partial charge in [-0.3, -0.25) is 4.79 Å². The minimum atomic E-state index is -0.519. The molecule has 1 heterocycles. The fraction of sp³-hybridized carbons (Fsp3) is 0.364. The Kier molecular flexibility index (Phi) is 4.86. The van der Waals surface area contributed by atoms with Crippen molar-refractivity contribution >= 4 is 50.7 Å². The molecule has 0 spiro atoms. The van der Waals surface area contributed by atoms with Crippen LogP contribution in [0.5, 0.6) is 0 Å². The van der Waals surface area contributed by atoms with E-state index in [9.17, 15) is 4.79 Å². The van der Waals surface area contributed by atoms with Crippen molar-refractivity contribution in [2.75, 3.05) is 25.0 Å². The maximum Gasteiger partial charge on any atom is 0.254 e. The SMILES string of the molecule is O=C(Nc1c(Cl)cc(Br)cc1Cl)C1CNCCO1. The van der Waals surface area contributed by atoms with Crippen molar-refractivity contribution in [3.63, 3.8) is 0 Å². The van der Waals surface area contributed by atoms with Crippen molar-refractivity contribution in [3.05, 3.63) is 26.7 Å². The van der Waals surface area contributed by atoms with Gasteiger partial charge < -0.3 is 15.4 Å². The van der Waals surface area contributed by atoms with E-state index in [4.69, 9.17) is 27.9 Å². The number of anilines is 1. The van der Waals surface area contributed by atoms with Crippen LogP contribution in [0.2, 0.25) is 10.0 Å². The predicted octanol–water partition coefficient (Wildman–Crippen LogP) is 2.68. The first kappa shape index (κ1) is 14.1. The zero-order chi connectivity index (χ0) is 13.1. The number of benzene rings is 1. The third kappa shape index (κ3) is 3.36. The maximum absolute atomic E-state index is 12.0. The molecule has 0 saturated carbocycles. The van der Waals surface area contributed by atoms with Gasteiger partial charge in [-0.1, -0.05) is 39.1 Å². The molecule has 1 fully saturated rings. The van der Waals surface area contributed by atoms with Gasteiger partial charge in [0.25, 0.3) is 5.91 Å². The molecule has 0 aliphatic carbocycles. The Morgan fingerprint density at radius 3 is 2.67 bits per heavy atom. The molecule has 1 aliphatic heterocycles. The second-order valence-corrected chi connectivity index (χ2v) is 5.53. The molecule has 98 valence electrons. The van der Waals surface area contributed by atoms with Crippen LogP contribution in [0.4, 0.5) is 5.69 Å². The Balaban J connectivity index is 2.11. The van der Waals surface area contributed by atoms with Gasteiger partial charge in [0.2, 0.25) is 0 Å². The van der Waals surface area contributed by atoms with Crippen LogP contribution in [0.3, 0.4) is 0 Å². The number of rotatable bonds is 2. The van der Waals surface area contributed by atoms with E-state index in [2.05, 4.69) is 26.6 Å². The van der Waals surface area contributed by atoms with Gasteiger partial charge in [0, 0.05) is 17.6 Å². The largest absolute Gasteiger partial charge is 0.366 e. The van der Waals surface area contributed by atoms with Crippen molar-refractivity contribution in [1.29, 1.82) is 0 Å². The highest BCUT2D eigenvalue weighted by Gasteiger charge is 2.23. The van der Waals surface area contributed by atoms with E-state index in [0.717, 1.165) is 11.0 Å². The van der Waals surface area contributed by atoms with Gasteiger partial charge in [-0.25, -0.2) is 0 Å². The summed E-state index contributed by atoms with van der Waals surface area (Å²) >= 11 is 15.3. The molecule has 1 unspecified atom stereocenters. The van der Waals surface area contributed by atoms with E-state index in [1.54, 1.807) is 12.1 Å². The third-order valence-corrected chi connectivity index (χ3v) is 3.53. The summed E-state index contributed by atoms with van der Waals surface area (Å²) in [6.45, 7) is 1.75. The summed E-state index contributed by atoms with van der Waals surface area (Å²) in [6, 6.07) is 3.34. The van der Waals surface area contributed by atoms with Gasteiger partial charge in [-0.05, 0) is 12.1 Å². The van der Waals surface area contributed by atoms with Crippen molar-refractivity contribution in [3.8, 4) is 0 Å². The summed E-state index contributed by atoms with van der Waals surface area (Å²) in [6.07, 6.45) is -0.519. The number of morpholine rings is 1. The molecule has 1 amide bonds. The average Bonchev–Trinajstić information content (AvgIpc) is 2.34. The smallest absolute Gasteiger partial charge is 0.254 e. The standard InChI is InChI=1S/C11H11BrCl2N2O2/c12-6-3-7(13)10(8(14)4-6)16-11(17)9-5-15-1-2-18-9/h3-4,9,15H,1-2,5H2,(H,16,17). The van der Waals surface area contributed by atoms with Crippen molar-refractivity contribution < 1.29 is 9.53 Å². The van der Waals surface area contributed by atoms with Gasteiger partial charge in [0.15, 0.2) is 0 Å². The minimum absolute atomic E-state index is 0.256. The van der Waals surface area contributed by atoms with Crippen LogP contribution in [0, 0.1) is 0 Å². The lowest BCUT2D eigenvalue weighted by Gasteiger charge is -2.23. The molecule has 2 N–H and O–H groups in total. The second-order valence-electron chi connectivity index (χ2n) is 3.80. The topological polar surface area (TPSA) is 50.4 Å². The van der Waals surface area contributed by atoms with Crippen LogP contribution in [-0.2, 0) is 9.53 Å². The number of halogens is 3. The minimum Gasteiger partial charge on any atom is -0.366 e. The molecule has 0 radical (unpaired) electrons. The summed E-state index contributed by atoms with van der Waals surface area (Å²) in [5, 5.41) is 6.53. The van der Waals surface area contributed by atoms with Gasteiger partial charge in [-0.2, -0.15) is 0 Å². The number of amides is 1. The second kappa shape index (κ2) is 6.21. The first-order chi connectivity index (χ1) is 8.58. The molecular formula is C11H11BrCl2N2O2. The van der Waals surface area contributed by atoms with E-state index in [-0.39, 0.29) is 5.91 Å². The quantitative estimate of drug-likeness (QED) is 0.859. The van der Waals surface area contributed by atoms with Crippen LogP contribution in [-0.4, -0.2) is 31.7 Å². The first-order valence-electron chi connectivity index (χ1n) is 5.35. The Bertz CT molecular complexity index is 441. The average molecular weight is 354 g/mol. The molecule has 18 heavy (non-hydrogen) atoms. The zero-order valence-corrected chi connectivity index (χ0v) is 12.4. The Morgan fingerprint density at radius 2 is 2.11 bits per heavy atom. The van der Waals surface area contributed by atoms with Crippen LogP contribution in [0.25, 0.3) is 0 Å². The number of carbonyl (C=O) groups excluding carboxylic acids is 1. The van der Waals surface area contributed by atoms with Gasteiger partial charge in [0.1, 0.15) is 6.10 Å². The molecule has 7 heteroatoms. The van der Waals surface area contributed by atoms with Crippen molar-refractivity contribution in [2.24, 2.45) is 0 Å². The van der Waals surface area contributed by atoms with Crippen molar-refractivity contribution in [2.45, 2.75) is 6.10 Å². The summed E-state index contributed by atoms with van der Waals surface area (Å²) in [7, 11) is 0. The monoisotopic (exact) mass is 352 g/mol. The van der Waals surface area contributed by atoms with Gasteiger partial charge >= 0.3 is 0 Å². The Labute approximate surface area is 123 Å². The number of hydrogen-bond acceptors (Lipinski definition) is 3. The molecule has 2 rings (SSSR count). The lowest BCUT2D eigenvalue weighted by molar-refractivity contribution is -0.128. The Hall–Kier alpha value is -0.330. The molecular weight excluding hydrogens is 343 g/mol. The van der Waals surface area contributed by atoms with Crippen LogP contribution >= 0.6 is 39.1 Å². The van der Waals surface area contributed by atoms with Crippen LogP contribution < -0.4 is 10.6 Å². The summed E-state index contributed by atoms with van der Waals surface area (Å²) in [5.41, 5.74) is 0.403. The molecule has 1 aromatic rings. The van der Waals surface area contributed by atoms with Crippen LogP contribution in [0.1, 0.15) is 0 Å². The molecule has 0 bridgehead atoms. The normalized spacial score (nSPS) is 19.6. The third-order valence-electron chi connectivity index (χ3n) is 2.48. The summed E-state index contributed by atoms with van der Waals surface area (Å²) in [5.74, 6) is -0.256. The fourth-order valence-corrected chi connectivity index (χ4v) is 2.90. The van der Waals surface area contributed by atoms with E-state index >= 15 is 0 Å². The molecule has 4 nitrogen and oxygen atoms in total. The Morgan fingerprint density at radius 1 is 1.44 bits per heavy atom. The lowest BCUT2D eigenvalue weighted by Crippen LogP contribution is -2.45. The highest BCUT2D eigenvalue weighted by atomic mass is 79.9. The highest BCUT2D eigenvalue weighted by molar-refractivity contribution is 9.10. The number of ether oxygens (including phenoxy) is 1. The molecule has 1 aliphatic rings. The predicted molar refractivity (Wildman–Crippen MR) is 75.4 cm³/mol. The zero-order valence-electron chi connectivity index (χ0n) is 9.30. The van der Waals surface area contributed by atoms with Gasteiger partial charge in [0.05, 0.1) is 22.3 Å². The van der Waals surface area contributed by atoms with E-state index in [0.29, 0.717) is 28.9 Å². The number of hydrogen-bond donors (Lipinski definition) is 2. The van der Waals surface area contributed by atoms with Crippen molar-refractivity contribution in [1.82, 2.24) is 5.32 Å². The van der Waals surface area contributed by atoms with E-state index in [1.165, 1.54) is 0 Å². The number of carbonyl (C=O) groups is 1. The number of nitrogens with one attached hydrogen (secondary N) is 2. The molecule has 1 aromatic carbocycles. The lowest BCUT2D eigenvalue weighted by atomic mass is 10.2. The molecule has 0 aromatic heterocycles. The highest BCUT2D eigenvalue weighted by Crippen LogP contribution is 2.33. The van der Waals surface area contributed by atoms with E-state index in [1.807, 2.05) is 0 Å². The first-order valence-corrected chi connectivity index (χ1v) is 6.90. The van der Waals surface area contributed by atoms with Gasteiger partial charge in [-0.15, -0.1) is 0 Å². The molecule has 1 saturated heterocycles. The molecule has 1 atom stereocenters. The summed E-state index contributed by atoms with van der Waals surface area (Å²) in [4.78, 5) is 12.0. The fourth-order valence-electron chi connectivity index (χ4n) is 1.60. The van der Waals surface area contributed by atoms with Crippen LogP contribution in [0.15, 0.2) is 16.6 Å². The summed E-state index contributed by atoms with van der Waals surface area (Å²) < 4.78 is 6.10. The van der Waals surface area contributed by atoms with E-state index < -0.39 is 6.10 Å².